The Labute approximate surface area is 219 Å². The van der Waals surface area contributed by atoms with Crippen molar-refractivity contribution in [2.24, 2.45) is 0 Å². The Hall–Kier alpha value is -3.43. The van der Waals surface area contributed by atoms with Crippen LogP contribution in [0.5, 0.6) is 0 Å². The molecule has 198 valence electrons. The first-order valence-electron chi connectivity index (χ1n) is 12.6. The van der Waals surface area contributed by atoms with Gasteiger partial charge in [0, 0.05) is 41.2 Å². The van der Waals surface area contributed by atoms with Crippen molar-refractivity contribution >= 4 is 38.5 Å². The van der Waals surface area contributed by atoms with E-state index in [4.69, 9.17) is 4.74 Å². The van der Waals surface area contributed by atoms with Crippen LogP contribution in [-0.2, 0) is 14.8 Å². The monoisotopic (exact) mass is 525 g/mol. The number of sulfonamides is 1. The number of nitrogens with zero attached hydrogens (tertiary/aromatic N) is 1. The molecule has 0 bridgehead atoms. The van der Waals surface area contributed by atoms with Crippen molar-refractivity contribution in [3.05, 3.63) is 71.8 Å². The fourth-order valence-corrected chi connectivity index (χ4v) is 5.83. The number of carbonyl (C=O) groups excluding carboxylic acids is 2. The summed E-state index contributed by atoms with van der Waals surface area (Å²) in [5.74, 6) is -0.254. The predicted octanol–water partition coefficient (Wildman–Crippen LogP) is 5.33. The van der Waals surface area contributed by atoms with Crippen molar-refractivity contribution in [1.29, 1.82) is 0 Å². The highest BCUT2D eigenvalue weighted by molar-refractivity contribution is 7.89. The molecule has 0 atom stereocenters. The lowest BCUT2D eigenvalue weighted by molar-refractivity contribution is 0.0964. The minimum atomic E-state index is -3.84. The van der Waals surface area contributed by atoms with Gasteiger partial charge in [-0.1, -0.05) is 56.3 Å². The fraction of sp³-hybridized carbons (Fsp3) is 0.357. The van der Waals surface area contributed by atoms with Gasteiger partial charge in [0.2, 0.25) is 10.0 Å². The van der Waals surface area contributed by atoms with Gasteiger partial charge in [0.25, 0.3) is 5.91 Å². The molecular weight excluding hydrogens is 490 g/mol. The summed E-state index contributed by atoms with van der Waals surface area (Å²) in [5.41, 5.74) is 1.95. The molecule has 0 aliphatic carbocycles. The number of rotatable bonds is 6. The van der Waals surface area contributed by atoms with Gasteiger partial charge in [-0.25, -0.2) is 17.9 Å². The summed E-state index contributed by atoms with van der Waals surface area (Å²) in [6, 6.07) is 17.2. The number of piperidine rings is 1. The molecule has 1 heterocycles. The van der Waals surface area contributed by atoms with E-state index >= 15 is 0 Å². The number of fused-ring (bicyclic) bond motifs is 1. The second kappa shape index (κ2) is 12.7. The third-order valence-corrected chi connectivity index (χ3v) is 7.73. The van der Waals surface area contributed by atoms with E-state index < -0.39 is 10.0 Å². The van der Waals surface area contributed by atoms with Gasteiger partial charge in [0.05, 0.1) is 11.5 Å². The van der Waals surface area contributed by atoms with E-state index in [1.54, 1.807) is 54.3 Å². The third kappa shape index (κ3) is 6.67. The molecule has 0 spiro atoms. The number of benzene rings is 3. The van der Waals surface area contributed by atoms with Crippen LogP contribution in [0.2, 0.25) is 0 Å². The van der Waals surface area contributed by atoms with Crippen molar-refractivity contribution in [3.8, 4) is 0 Å². The number of anilines is 1. The molecule has 1 saturated heterocycles. The van der Waals surface area contributed by atoms with Gasteiger partial charge >= 0.3 is 6.09 Å². The Bertz CT molecular complexity index is 1350. The number of nitrogens with one attached hydrogen (secondary N) is 2. The maximum absolute atomic E-state index is 13.3. The van der Waals surface area contributed by atoms with Crippen molar-refractivity contribution in [2.75, 3.05) is 25.0 Å². The number of amides is 2. The fourth-order valence-electron chi connectivity index (χ4n) is 4.31. The minimum absolute atomic E-state index is 0.148. The zero-order chi connectivity index (χ0) is 27.0. The summed E-state index contributed by atoms with van der Waals surface area (Å²) < 4.78 is 34.5. The van der Waals surface area contributed by atoms with Crippen LogP contribution >= 0.6 is 0 Å². The maximum Gasteiger partial charge on any atom is 0.409 e. The van der Waals surface area contributed by atoms with Crippen molar-refractivity contribution in [3.63, 3.8) is 0 Å². The van der Waals surface area contributed by atoms with E-state index in [2.05, 4.69) is 10.0 Å². The average Bonchev–Trinajstić information content (AvgIpc) is 2.90. The lowest BCUT2D eigenvalue weighted by Gasteiger charge is -2.31. The first-order valence-corrected chi connectivity index (χ1v) is 14.1. The predicted molar refractivity (Wildman–Crippen MR) is 146 cm³/mol. The Kier molecular flexibility index (Phi) is 9.66. The molecule has 0 radical (unpaired) electrons. The van der Waals surface area contributed by atoms with Gasteiger partial charge in [-0.15, -0.1) is 0 Å². The standard InChI is InChI=1S/C26H29N3O5S.C2H6/c1-3-34-26(31)29-16-14-19(15-17-29)28-35(32,33)24-13-12-23(21-10-6-7-11-22(21)24)27-25(30)20-9-5-4-8-18(20)2;1-2/h4-13,19,28H,3,14-17H2,1-2H3,(H,27,30);1-2H3. The quantitative estimate of drug-likeness (QED) is 0.453. The highest BCUT2D eigenvalue weighted by Crippen LogP contribution is 2.30. The summed E-state index contributed by atoms with van der Waals surface area (Å²) in [7, 11) is -3.84. The molecular formula is C28H35N3O5S. The van der Waals surface area contributed by atoms with Gasteiger partial charge < -0.3 is 15.0 Å². The van der Waals surface area contributed by atoms with Crippen molar-refractivity contribution in [2.45, 2.75) is 51.5 Å². The molecule has 0 unspecified atom stereocenters. The molecule has 0 aromatic heterocycles. The van der Waals surface area contributed by atoms with Crippen LogP contribution in [0, 0.1) is 6.92 Å². The number of hydrogen-bond acceptors (Lipinski definition) is 5. The summed E-state index contributed by atoms with van der Waals surface area (Å²) >= 11 is 0. The summed E-state index contributed by atoms with van der Waals surface area (Å²) in [6.07, 6.45) is 0.629. The first-order chi connectivity index (χ1) is 17.8. The van der Waals surface area contributed by atoms with Crippen LogP contribution in [0.15, 0.2) is 65.6 Å². The van der Waals surface area contributed by atoms with E-state index in [1.165, 1.54) is 6.07 Å². The van der Waals surface area contributed by atoms with Crippen LogP contribution in [0.25, 0.3) is 10.8 Å². The number of carbonyl (C=O) groups is 2. The Balaban J connectivity index is 0.00000186. The second-order valence-corrected chi connectivity index (χ2v) is 10.2. The molecule has 1 aliphatic heterocycles. The van der Waals surface area contributed by atoms with Crippen LogP contribution < -0.4 is 10.0 Å². The Morgan fingerprint density at radius 1 is 0.946 bits per heavy atom. The molecule has 4 rings (SSSR count). The molecule has 37 heavy (non-hydrogen) atoms. The second-order valence-electron chi connectivity index (χ2n) is 8.51. The zero-order valence-electron chi connectivity index (χ0n) is 21.8. The van der Waals surface area contributed by atoms with Crippen LogP contribution in [0.3, 0.4) is 0 Å². The van der Waals surface area contributed by atoms with Gasteiger partial charge in [0.15, 0.2) is 0 Å². The minimum Gasteiger partial charge on any atom is -0.450 e. The molecule has 1 aliphatic rings. The molecule has 2 N–H and O–H groups in total. The highest BCUT2D eigenvalue weighted by Gasteiger charge is 2.28. The molecule has 3 aromatic carbocycles. The summed E-state index contributed by atoms with van der Waals surface area (Å²) in [4.78, 5) is 26.5. The number of ether oxygens (including phenoxy) is 1. The third-order valence-electron chi connectivity index (χ3n) is 6.15. The first kappa shape index (κ1) is 28.1. The lowest BCUT2D eigenvalue weighted by Crippen LogP contribution is -2.46. The smallest absolute Gasteiger partial charge is 0.409 e. The number of aryl methyl sites for hydroxylation is 1. The van der Waals surface area contributed by atoms with Crippen molar-refractivity contribution < 1.29 is 22.7 Å². The van der Waals surface area contributed by atoms with E-state index in [9.17, 15) is 18.0 Å². The van der Waals surface area contributed by atoms with E-state index in [0.717, 1.165) is 5.56 Å². The molecule has 8 nitrogen and oxygen atoms in total. The molecule has 2 amide bonds. The Morgan fingerprint density at radius 2 is 1.57 bits per heavy atom. The molecule has 9 heteroatoms. The van der Waals surface area contributed by atoms with Gasteiger partial charge in [0.1, 0.15) is 0 Å². The number of hydrogen-bond donors (Lipinski definition) is 2. The van der Waals surface area contributed by atoms with E-state index in [0.29, 0.717) is 54.6 Å². The average molecular weight is 526 g/mol. The van der Waals surface area contributed by atoms with Crippen LogP contribution in [0.4, 0.5) is 10.5 Å². The molecule has 0 saturated carbocycles. The van der Waals surface area contributed by atoms with Crippen molar-refractivity contribution in [1.82, 2.24) is 9.62 Å². The van der Waals surface area contributed by atoms with Crippen LogP contribution in [0.1, 0.15) is 49.5 Å². The van der Waals surface area contributed by atoms with Crippen LogP contribution in [-0.4, -0.2) is 51.1 Å². The van der Waals surface area contributed by atoms with Gasteiger partial charge in [-0.2, -0.15) is 0 Å². The topological polar surface area (TPSA) is 105 Å². The largest absolute Gasteiger partial charge is 0.450 e. The lowest BCUT2D eigenvalue weighted by atomic mass is 10.1. The maximum atomic E-state index is 13.3. The Morgan fingerprint density at radius 3 is 2.22 bits per heavy atom. The van der Waals surface area contributed by atoms with E-state index in [-0.39, 0.29) is 22.9 Å². The zero-order valence-corrected chi connectivity index (χ0v) is 22.6. The SMILES string of the molecule is CC.CCOC(=O)N1CCC(NS(=O)(=O)c2ccc(NC(=O)c3ccccc3C)c3ccccc23)CC1. The van der Waals surface area contributed by atoms with Gasteiger partial charge in [-0.3, -0.25) is 4.79 Å². The number of likely N-dealkylation sites (tertiary alicyclic amines) is 1. The van der Waals surface area contributed by atoms with E-state index in [1.807, 2.05) is 32.9 Å². The van der Waals surface area contributed by atoms with Gasteiger partial charge in [-0.05, 0) is 50.5 Å². The summed E-state index contributed by atoms with van der Waals surface area (Å²) in [5, 5.41) is 4.08. The molecule has 3 aromatic rings. The molecule has 1 fully saturated rings. The normalized spacial score (nSPS) is 14.0. The summed E-state index contributed by atoms with van der Waals surface area (Å²) in [6.45, 7) is 8.78. The highest BCUT2D eigenvalue weighted by atomic mass is 32.2.